The lowest BCUT2D eigenvalue weighted by atomic mass is 9.43. The highest BCUT2D eigenvalue weighted by Crippen LogP contribution is 2.65. The van der Waals surface area contributed by atoms with Gasteiger partial charge >= 0.3 is 13.3 Å². The van der Waals surface area contributed by atoms with E-state index in [9.17, 15) is 18.0 Å². The molecule has 7 nitrogen and oxygen atoms in total. The fourth-order valence-electron chi connectivity index (χ4n) is 7.18. The summed E-state index contributed by atoms with van der Waals surface area (Å²) in [5, 5.41) is 3.10. The number of nitrogens with zero attached hydrogens (tertiary/aromatic N) is 1. The van der Waals surface area contributed by atoms with Crippen LogP contribution in [-0.4, -0.2) is 43.2 Å². The fraction of sp³-hybridized carbons (Fsp3) is 0.533. The van der Waals surface area contributed by atoms with Crippen LogP contribution in [0.3, 0.4) is 0 Å². The smallest absolute Gasteiger partial charge is 0.404 e. The topological polar surface area (TPSA) is 112 Å². The minimum atomic E-state index is -4.49. The minimum absolute atomic E-state index is 0.00213. The van der Waals surface area contributed by atoms with Crippen LogP contribution in [0.5, 0.6) is 0 Å². The zero-order valence-corrected chi connectivity index (χ0v) is 23.9. The molecular weight excluding hydrogens is 532 g/mol. The molecule has 1 aliphatic heterocycles. The average Bonchev–Trinajstić information content (AvgIpc) is 3.26. The monoisotopic (exact) mass is 570 g/mol. The molecule has 2 unspecified atom stereocenters. The number of alkyl halides is 3. The summed E-state index contributed by atoms with van der Waals surface area (Å²) < 4.78 is 53.9. The number of benzene rings is 2. The Kier molecular flexibility index (Phi) is 7.65. The Balaban J connectivity index is 1.36. The molecule has 6 rings (SSSR count). The van der Waals surface area contributed by atoms with E-state index in [1.54, 1.807) is 31.2 Å². The van der Waals surface area contributed by atoms with Crippen molar-refractivity contribution in [2.75, 3.05) is 6.54 Å². The van der Waals surface area contributed by atoms with Gasteiger partial charge in [0.2, 0.25) is 0 Å². The van der Waals surface area contributed by atoms with Gasteiger partial charge in [-0.2, -0.15) is 13.2 Å². The first-order valence-corrected chi connectivity index (χ1v) is 14.2. The van der Waals surface area contributed by atoms with E-state index in [-0.39, 0.29) is 28.9 Å². The van der Waals surface area contributed by atoms with Crippen LogP contribution in [0.25, 0.3) is 11.1 Å². The molecule has 1 heterocycles. The molecule has 0 radical (unpaired) electrons. The van der Waals surface area contributed by atoms with Gasteiger partial charge in [-0.3, -0.25) is 9.79 Å². The molecule has 0 spiro atoms. The molecule has 2 bridgehead atoms. The van der Waals surface area contributed by atoms with Gasteiger partial charge in [0.1, 0.15) is 0 Å². The Morgan fingerprint density at radius 3 is 2.56 bits per heavy atom. The minimum Gasteiger partial charge on any atom is -0.404 e. The van der Waals surface area contributed by atoms with Gasteiger partial charge in [0.05, 0.1) is 23.2 Å². The number of nitrogens with one attached hydrogen (secondary N) is 1. The molecule has 220 valence electrons. The average molecular weight is 570 g/mol. The predicted molar refractivity (Wildman–Crippen MR) is 153 cm³/mol. The van der Waals surface area contributed by atoms with Gasteiger partial charge in [0.25, 0.3) is 5.91 Å². The van der Waals surface area contributed by atoms with E-state index in [2.05, 4.69) is 31.1 Å². The molecule has 2 aromatic carbocycles. The van der Waals surface area contributed by atoms with E-state index in [1.165, 1.54) is 12.1 Å². The normalized spacial score (nSPS) is 27.0. The van der Waals surface area contributed by atoms with Crippen molar-refractivity contribution in [3.05, 3.63) is 59.2 Å². The second-order valence-electron chi connectivity index (χ2n) is 12.4. The Morgan fingerprint density at radius 2 is 1.90 bits per heavy atom. The first-order chi connectivity index (χ1) is 19.2. The second kappa shape index (κ2) is 10.7. The van der Waals surface area contributed by atoms with E-state index < -0.39 is 30.4 Å². The van der Waals surface area contributed by atoms with Crippen LogP contribution in [0.1, 0.15) is 67.9 Å². The van der Waals surface area contributed by atoms with E-state index >= 15 is 0 Å². The molecule has 0 aromatic heterocycles. The molecule has 3 aliphatic carbocycles. The molecule has 1 saturated heterocycles. The number of carbonyl (C=O) groups excluding carboxylic acids is 1. The number of guanidine groups is 1. The fourth-order valence-corrected chi connectivity index (χ4v) is 7.18. The number of hydrogen-bond acceptors (Lipinski definition) is 4. The highest BCUT2D eigenvalue weighted by Gasteiger charge is 2.68. The summed E-state index contributed by atoms with van der Waals surface area (Å²) in [5.41, 5.74) is 11.4. The van der Waals surface area contributed by atoms with E-state index in [1.807, 2.05) is 0 Å². The SMILES string of the molecule is Cc1cc(-c2ccccc2C(F)(F)F)ccc1C(=O)N[C@@H](CCCN=C(N)N)B1O[C@@H]2CC3CC(C3(C)C)[C@]2(C)O1. The van der Waals surface area contributed by atoms with Crippen molar-refractivity contribution >= 4 is 19.0 Å². The van der Waals surface area contributed by atoms with Crippen molar-refractivity contribution < 1.29 is 27.3 Å². The van der Waals surface area contributed by atoms with Crippen molar-refractivity contribution in [1.82, 2.24) is 5.32 Å². The summed E-state index contributed by atoms with van der Waals surface area (Å²) in [6.45, 7) is 8.82. The van der Waals surface area contributed by atoms with E-state index in [0.29, 0.717) is 47.9 Å². The Morgan fingerprint density at radius 1 is 1.17 bits per heavy atom. The van der Waals surface area contributed by atoms with Crippen molar-refractivity contribution in [1.29, 1.82) is 0 Å². The lowest BCUT2D eigenvalue weighted by molar-refractivity contribution is -0.199. The summed E-state index contributed by atoms with van der Waals surface area (Å²) >= 11 is 0. The largest absolute Gasteiger partial charge is 0.481 e. The van der Waals surface area contributed by atoms with E-state index in [4.69, 9.17) is 20.8 Å². The van der Waals surface area contributed by atoms with Gasteiger partial charge < -0.3 is 26.1 Å². The molecule has 4 aliphatic rings. The summed E-state index contributed by atoms with van der Waals surface area (Å²) in [6, 6.07) is 10.2. The molecule has 3 saturated carbocycles. The molecule has 4 fully saturated rings. The molecule has 41 heavy (non-hydrogen) atoms. The van der Waals surface area contributed by atoms with Crippen LogP contribution < -0.4 is 16.8 Å². The summed E-state index contributed by atoms with van der Waals surface area (Å²) in [5.74, 6) is 0.149. The first kappa shape index (κ1) is 29.4. The predicted octanol–water partition coefficient (Wildman–Crippen LogP) is 5.10. The quantitative estimate of drug-likeness (QED) is 0.177. The number of aliphatic imine (C=N–C) groups is 1. The third-order valence-corrected chi connectivity index (χ3v) is 9.60. The maximum atomic E-state index is 13.6. The number of amides is 1. The molecular formula is C30H38BF3N4O3. The van der Waals surface area contributed by atoms with Gasteiger partial charge in [0, 0.05) is 12.1 Å². The summed E-state index contributed by atoms with van der Waals surface area (Å²) in [6.07, 6.45) is -1.39. The highest BCUT2D eigenvalue weighted by molar-refractivity contribution is 6.48. The third kappa shape index (κ3) is 5.46. The number of nitrogens with two attached hydrogens (primary N) is 2. The second-order valence-corrected chi connectivity index (χ2v) is 12.4. The maximum Gasteiger partial charge on any atom is 0.481 e. The van der Waals surface area contributed by atoms with Crippen LogP contribution in [0.4, 0.5) is 13.2 Å². The van der Waals surface area contributed by atoms with E-state index in [0.717, 1.165) is 18.9 Å². The number of hydrogen-bond donors (Lipinski definition) is 3. The maximum absolute atomic E-state index is 13.6. The summed E-state index contributed by atoms with van der Waals surface area (Å²) in [4.78, 5) is 17.6. The van der Waals surface area contributed by atoms with Crippen LogP contribution in [-0.2, 0) is 15.5 Å². The summed E-state index contributed by atoms with van der Waals surface area (Å²) in [7, 11) is -0.637. The third-order valence-electron chi connectivity index (χ3n) is 9.60. The molecule has 2 aromatic rings. The van der Waals surface area contributed by atoms with Crippen LogP contribution in [0.2, 0.25) is 0 Å². The molecule has 5 N–H and O–H groups in total. The van der Waals surface area contributed by atoms with Gasteiger partial charge in [0.15, 0.2) is 5.96 Å². The lowest BCUT2D eigenvalue weighted by Gasteiger charge is -2.64. The Hall–Kier alpha value is -3.05. The van der Waals surface area contributed by atoms with Crippen molar-refractivity contribution in [2.45, 2.75) is 77.2 Å². The number of rotatable bonds is 8. The number of halogens is 3. The van der Waals surface area contributed by atoms with Gasteiger partial charge in [-0.25, -0.2) is 0 Å². The zero-order chi connectivity index (χ0) is 29.7. The van der Waals surface area contributed by atoms with Gasteiger partial charge in [-0.15, -0.1) is 0 Å². The van der Waals surface area contributed by atoms with Crippen LogP contribution >= 0.6 is 0 Å². The van der Waals surface area contributed by atoms with Gasteiger partial charge in [-0.05, 0) is 85.6 Å². The highest BCUT2D eigenvalue weighted by atomic mass is 19.4. The van der Waals surface area contributed by atoms with Crippen LogP contribution in [0, 0.1) is 24.2 Å². The van der Waals surface area contributed by atoms with Crippen molar-refractivity contribution in [3.63, 3.8) is 0 Å². The lowest BCUT2D eigenvalue weighted by Crippen LogP contribution is -2.65. The molecule has 5 atom stereocenters. The molecule has 11 heteroatoms. The van der Waals surface area contributed by atoms with Crippen molar-refractivity contribution in [2.24, 2.45) is 33.7 Å². The van der Waals surface area contributed by atoms with Crippen molar-refractivity contribution in [3.8, 4) is 11.1 Å². The zero-order valence-electron chi connectivity index (χ0n) is 23.9. The number of carbonyl (C=O) groups is 1. The standard InChI is InChI=1S/C30H38BF3N4O3/c1-17-14-18(21-8-5-6-9-22(21)30(32,33)34)11-12-20(17)26(39)38-25(10-7-13-37-27(35)36)31-40-24-16-19-15-23(28(19,2)3)29(24,4)41-31/h5-6,8-9,11-12,14,19,23-25H,7,10,13,15-16H2,1-4H3,(H,38,39)(H4,35,36,37)/t19?,23?,24-,25+,29+/m1/s1. The molecule has 1 amide bonds. The van der Waals surface area contributed by atoms with Crippen LogP contribution in [0.15, 0.2) is 47.5 Å². The first-order valence-electron chi connectivity index (χ1n) is 14.2. The van der Waals surface area contributed by atoms with Gasteiger partial charge in [-0.1, -0.05) is 44.2 Å². The Labute approximate surface area is 239 Å². The number of aryl methyl sites for hydroxylation is 1. The Bertz CT molecular complexity index is 1350.